The van der Waals surface area contributed by atoms with Gasteiger partial charge < -0.3 is 14.2 Å². The van der Waals surface area contributed by atoms with E-state index in [1.54, 1.807) is 0 Å². The molecule has 2 rings (SSSR count). The molecule has 1 heterocycles. The van der Waals surface area contributed by atoms with Gasteiger partial charge >= 0.3 is 0 Å². The van der Waals surface area contributed by atoms with Gasteiger partial charge in [0, 0.05) is 18.4 Å². The summed E-state index contributed by atoms with van der Waals surface area (Å²) in [4.78, 5) is 0. The molecule has 1 saturated heterocycles. The van der Waals surface area contributed by atoms with Crippen LogP contribution in [0.25, 0.3) is 0 Å². The molecule has 2 fully saturated rings. The Morgan fingerprint density at radius 1 is 1.05 bits per heavy atom. The highest BCUT2D eigenvalue weighted by atomic mass is 16.7. The van der Waals surface area contributed by atoms with Gasteiger partial charge in [0.25, 0.3) is 0 Å². The standard InChI is InChI=1S/C17H29NO3/c1-2-3-4-5-10-19-16-12-20-17(21-13-16)15-8-6-14(11-18)7-9-15/h14-17H,2-10,12-13H2,1H3. The minimum absolute atomic E-state index is 0.0791. The Kier molecular flexibility index (Phi) is 7.49. The van der Waals surface area contributed by atoms with Gasteiger partial charge in [0.05, 0.1) is 19.3 Å². The lowest BCUT2D eigenvalue weighted by Gasteiger charge is -2.36. The summed E-state index contributed by atoms with van der Waals surface area (Å²) in [5.41, 5.74) is 0. The first-order chi connectivity index (χ1) is 10.3. The van der Waals surface area contributed by atoms with Gasteiger partial charge in [0.2, 0.25) is 0 Å². The minimum Gasteiger partial charge on any atom is -0.373 e. The van der Waals surface area contributed by atoms with Crippen LogP contribution in [-0.4, -0.2) is 32.2 Å². The van der Waals surface area contributed by atoms with E-state index in [2.05, 4.69) is 13.0 Å². The first-order valence-electron chi connectivity index (χ1n) is 8.58. The smallest absolute Gasteiger partial charge is 0.160 e. The van der Waals surface area contributed by atoms with Gasteiger partial charge in [-0.05, 0) is 32.1 Å². The molecule has 0 aromatic rings. The fraction of sp³-hybridized carbons (Fsp3) is 0.941. The first kappa shape index (κ1) is 16.7. The van der Waals surface area contributed by atoms with Crippen molar-refractivity contribution in [1.29, 1.82) is 5.26 Å². The van der Waals surface area contributed by atoms with E-state index in [9.17, 15) is 0 Å². The van der Waals surface area contributed by atoms with Gasteiger partial charge in [-0.1, -0.05) is 26.2 Å². The van der Waals surface area contributed by atoms with Crippen molar-refractivity contribution in [2.24, 2.45) is 11.8 Å². The second-order valence-corrected chi connectivity index (χ2v) is 6.33. The van der Waals surface area contributed by atoms with Crippen LogP contribution in [0.5, 0.6) is 0 Å². The number of rotatable bonds is 7. The number of hydrogen-bond acceptors (Lipinski definition) is 4. The molecule has 0 aromatic carbocycles. The van der Waals surface area contributed by atoms with Gasteiger partial charge in [0.15, 0.2) is 6.29 Å². The molecule has 0 radical (unpaired) electrons. The maximum Gasteiger partial charge on any atom is 0.160 e. The monoisotopic (exact) mass is 295 g/mol. The highest BCUT2D eigenvalue weighted by Crippen LogP contribution is 2.33. The summed E-state index contributed by atoms with van der Waals surface area (Å²) < 4.78 is 17.5. The lowest BCUT2D eigenvalue weighted by Crippen LogP contribution is -2.42. The van der Waals surface area contributed by atoms with Gasteiger partial charge in [-0.25, -0.2) is 0 Å². The number of unbranched alkanes of at least 4 members (excludes halogenated alkanes) is 3. The predicted molar refractivity (Wildman–Crippen MR) is 80.6 cm³/mol. The molecule has 1 saturated carbocycles. The summed E-state index contributed by atoms with van der Waals surface area (Å²) in [6.07, 6.45) is 9.00. The average molecular weight is 295 g/mol. The van der Waals surface area contributed by atoms with Crippen LogP contribution in [0, 0.1) is 23.2 Å². The van der Waals surface area contributed by atoms with Crippen LogP contribution in [0.15, 0.2) is 0 Å². The van der Waals surface area contributed by atoms with E-state index in [0.29, 0.717) is 19.1 Å². The Labute approximate surface area is 128 Å². The molecule has 4 heteroatoms. The third-order valence-electron chi connectivity index (χ3n) is 4.58. The molecule has 2 aliphatic rings. The van der Waals surface area contributed by atoms with Crippen molar-refractivity contribution in [3.63, 3.8) is 0 Å². The molecule has 0 spiro atoms. The second-order valence-electron chi connectivity index (χ2n) is 6.33. The quantitative estimate of drug-likeness (QED) is 0.673. The van der Waals surface area contributed by atoms with E-state index in [-0.39, 0.29) is 18.3 Å². The zero-order valence-electron chi connectivity index (χ0n) is 13.3. The molecule has 0 atom stereocenters. The third kappa shape index (κ3) is 5.58. The summed E-state index contributed by atoms with van der Waals surface area (Å²) in [5, 5.41) is 8.93. The number of nitrogens with zero attached hydrogens (tertiary/aromatic N) is 1. The Morgan fingerprint density at radius 2 is 1.76 bits per heavy atom. The van der Waals surface area contributed by atoms with Crippen LogP contribution in [0.1, 0.15) is 58.3 Å². The van der Waals surface area contributed by atoms with Crippen molar-refractivity contribution in [3.05, 3.63) is 0 Å². The van der Waals surface area contributed by atoms with Gasteiger partial charge in [-0.3, -0.25) is 0 Å². The van der Waals surface area contributed by atoms with Crippen molar-refractivity contribution in [3.8, 4) is 6.07 Å². The highest BCUT2D eigenvalue weighted by molar-refractivity contribution is 4.88. The molecule has 4 nitrogen and oxygen atoms in total. The maximum atomic E-state index is 8.93. The van der Waals surface area contributed by atoms with E-state index in [4.69, 9.17) is 19.5 Å². The SMILES string of the molecule is CCCCCCOC1COC(C2CCC(C#N)CC2)OC1. The third-order valence-corrected chi connectivity index (χ3v) is 4.58. The zero-order chi connectivity index (χ0) is 14.9. The van der Waals surface area contributed by atoms with Crippen LogP contribution in [0.2, 0.25) is 0 Å². The van der Waals surface area contributed by atoms with Gasteiger partial charge in [0.1, 0.15) is 6.10 Å². The lowest BCUT2D eigenvalue weighted by molar-refractivity contribution is -0.249. The van der Waals surface area contributed by atoms with Crippen molar-refractivity contribution >= 4 is 0 Å². The fourth-order valence-electron chi connectivity index (χ4n) is 3.17. The minimum atomic E-state index is -0.0791. The molecule has 0 bridgehead atoms. The molecule has 21 heavy (non-hydrogen) atoms. The topological polar surface area (TPSA) is 51.5 Å². The van der Waals surface area contributed by atoms with E-state index >= 15 is 0 Å². The van der Waals surface area contributed by atoms with Crippen molar-refractivity contribution < 1.29 is 14.2 Å². The molecular weight excluding hydrogens is 266 g/mol. The van der Waals surface area contributed by atoms with E-state index in [0.717, 1.165) is 38.7 Å². The van der Waals surface area contributed by atoms with Gasteiger partial charge in [-0.2, -0.15) is 5.26 Å². The van der Waals surface area contributed by atoms with Crippen LogP contribution in [0.4, 0.5) is 0 Å². The van der Waals surface area contributed by atoms with Gasteiger partial charge in [-0.15, -0.1) is 0 Å². The summed E-state index contributed by atoms with van der Waals surface area (Å²) in [6.45, 7) is 4.33. The van der Waals surface area contributed by atoms with Crippen molar-refractivity contribution in [2.75, 3.05) is 19.8 Å². The summed E-state index contributed by atoms with van der Waals surface area (Å²) in [7, 11) is 0. The molecular formula is C17H29NO3. The Hall–Kier alpha value is -0.630. The molecule has 120 valence electrons. The molecule has 1 aliphatic carbocycles. The fourth-order valence-corrected chi connectivity index (χ4v) is 3.17. The normalized spacial score (nSPS) is 33.5. The zero-order valence-corrected chi connectivity index (χ0v) is 13.3. The molecule has 0 N–H and O–H groups in total. The first-order valence-corrected chi connectivity index (χ1v) is 8.58. The van der Waals surface area contributed by atoms with Crippen molar-refractivity contribution in [2.45, 2.75) is 70.7 Å². The summed E-state index contributed by atoms with van der Waals surface area (Å²) in [6, 6.07) is 2.37. The van der Waals surface area contributed by atoms with E-state index in [1.165, 1.54) is 19.3 Å². The summed E-state index contributed by atoms with van der Waals surface area (Å²) >= 11 is 0. The van der Waals surface area contributed by atoms with E-state index in [1.807, 2.05) is 0 Å². The van der Waals surface area contributed by atoms with Crippen LogP contribution < -0.4 is 0 Å². The largest absolute Gasteiger partial charge is 0.373 e. The average Bonchev–Trinajstić information content (AvgIpc) is 2.55. The molecule has 0 unspecified atom stereocenters. The number of hydrogen-bond donors (Lipinski definition) is 0. The summed E-state index contributed by atoms with van der Waals surface area (Å²) in [5.74, 6) is 0.698. The van der Waals surface area contributed by atoms with Crippen LogP contribution in [-0.2, 0) is 14.2 Å². The van der Waals surface area contributed by atoms with E-state index < -0.39 is 0 Å². The second kappa shape index (κ2) is 9.40. The van der Waals surface area contributed by atoms with Crippen LogP contribution in [0.3, 0.4) is 0 Å². The number of nitriles is 1. The Morgan fingerprint density at radius 3 is 2.38 bits per heavy atom. The maximum absolute atomic E-state index is 8.93. The Bertz CT molecular complexity index is 312. The highest BCUT2D eigenvalue weighted by Gasteiger charge is 2.32. The molecule has 0 amide bonds. The Balaban J connectivity index is 1.57. The molecule has 0 aromatic heterocycles. The predicted octanol–water partition coefficient (Wildman–Crippen LogP) is 3.65. The number of ether oxygens (including phenoxy) is 3. The van der Waals surface area contributed by atoms with Crippen molar-refractivity contribution in [1.82, 2.24) is 0 Å². The van der Waals surface area contributed by atoms with Crippen LogP contribution >= 0.6 is 0 Å². The lowest BCUT2D eigenvalue weighted by atomic mass is 9.82. The molecule has 1 aliphatic heterocycles.